The third-order valence-corrected chi connectivity index (χ3v) is 3.26. The molecule has 4 nitrogen and oxygen atoms in total. The van der Waals surface area contributed by atoms with Gasteiger partial charge in [-0.05, 0) is 43.9 Å². The summed E-state index contributed by atoms with van der Waals surface area (Å²) in [5, 5.41) is 6.12. The summed E-state index contributed by atoms with van der Waals surface area (Å²) in [5.74, 6) is -0.493. The van der Waals surface area contributed by atoms with Crippen LogP contribution in [0.2, 0.25) is 0 Å². The highest BCUT2D eigenvalue weighted by Gasteiger charge is 2.28. The number of hydrogen-bond donors (Lipinski definition) is 0. The van der Waals surface area contributed by atoms with Gasteiger partial charge in [-0.15, -0.1) is 0 Å². The van der Waals surface area contributed by atoms with E-state index in [0.29, 0.717) is 6.61 Å². The van der Waals surface area contributed by atoms with Crippen LogP contribution in [0.15, 0.2) is 29.4 Å². The second kappa shape index (κ2) is 7.03. The molecule has 0 saturated carbocycles. The van der Waals surface area contributed by atoms with Crippen molar-refractivity contribution < 1.29 is 13.9 Å². The number of rotatable bonds is 4. The van der Waals surface area contributed by atoms with E-state index < -0.39 is 0 Å². The third-order valence-electron chi connectivity index (χ3n) is 3.26. The van der Waals surface area contributed by atoms with E-state index >= 15 is 0 Å². The highest BCUT2D eigenvalue weighted by atomic mass is 19.1. The summed E-state index contributed by atoms with van der Waals surface area (Å²) >= 11 is 0. The quantitative estimate of drug-likeness (QED) is 0.628. The van der Waals surface area contributed by atoms with Crippen LogP contribution in [-0.4, -0.2) is 36.4 Å². The Kier molecular flexibility index (Phi) is 5.09. The zero-order chi connectivity index (χ0) is 14.4. The van der Waals surface area contributed by atoms with Gasteiger partial charge in [0.1, 0.15) is 11.9 Å². The predicted molar refractivity (Wildman–Crippen MR) is 75.0 cm³/mol. The third kappa shape index (κ3) is 3.79. The van der Waals surface area contributed by atoms with Gasteiger partial charge in [-0.1, -0.05) is 12.1 Å². The van der Waals surface area contributed by atoms with Crippen molar-refractivity contribution in [2.45, 2.75) is 32.2 Å². The summed E-state index contributed by atoms with van der Waals surface area (Å²) in [6.45, 7) is 2.92. The predicted octanol–water partition coefficient (Wildman–Crippen LogP) is 2.58. The van der Waals surface area contributed by atoms with Crippen molar-refractivity contribution in [3.63, 3.8) is 0 Å². The number of hydrogen-bond acceptors (Lipinski definition) is 4. The molecule has 0 radical (unpaired) electrons. The number of hydrazone groups is 1. The van der Waals surface area contributed by atoms with Gasteiger partial charge in [-0.25, -0.2) is 9.18 Å². The van der Waals surface area contributed by atoms with Crippen molar-refractivity contribution in [1.29, 1.82) is 0 Å². The molecule has 0 aromatic heterocycles. The molecule has 1 aliphatic heterocycles. The molecule has 1 aromatic rings. The number of ether oxygens (including phenoxy) is 1. The van der Waals surface area contributed by atoms with Crippen LogP contribution in [0.4, 0.5) is 4.39 Å². The molecular formula is C15H19FN2O2. The standard InChI is InChI=1S/C15H19FN2O2/c1-2-20-15(19)14-5-3-4-10-18(14)17-11-12-6-8-13(16)9-7-12/h6-9,11,14H,2-5,10H2,1H3/b17-11+. The lowest BCUT2D eigenvalue weighted by Crippen LogP contribution is -2.42. The topological polar surface area (TPSA) is 41.9 Å². The Labute approximate surface area is 118 Å². The van der Waals surface area contributed by atoms with Crippen LogP contribution in [0.25, 0.3) is 0 Å². The monoisotopic (exact) mass is 278 g/mol. The molecule has 1 unspecified atom stereocenters. The second-order valence-electron chi connectivity index (χ2n) is 4.72. The molecule has 0 N–H and O–H groups in total. The summed E-state index contributed by atoms with van der Waals surface area (Å²) in [5.41, 5.74) is 0.805. The lowest BCUT2D eigenvalue weighted by atomic mass is 10.0. The van der Waals surface area contributed by atoms with Gasteiger partial charge >= 0.3 is 5.97 Å². The Morgan fingerprint density at radius 2 is 2.20 bits per heavy atom. The maximum Gasteiger partial charge on any atom is 0.330 e. The summed E-state index contributed by atoms with van der Waals surface area (Å²) in [6, 6.07) is 5.78. The highest BCUT2D eigenvalue weighted by Crippen LogP contribution is 2.18. The second-order valence-corrected chi connectivity index (χ2v) is 4.72. The van der Waals surface area contributed by atoms with E-state index in [9.17, 15) is 9.18 Å². The van der Waals surface area contributed by atoms with Gasteiger partial charge < -0.3 is 4.74 Å². The molecule has 1 aromatic carbocycles. The number of esters is 1. The van der Waals surface area contributed by atoms with Gasteiger partial charge in [0, 0.05) is 6.54 Å². The van der Waals surface area contributed by atoms with E-state index in [1.807, 2.05) is 0 Å². The number of carbonyl (C=O) groups is 1. The average molecular weight is 278 g/mol. The van der Waals surface area contributed by atoms with Crippen molar-refractivity contribution in [1.82, 2.24) is 5.01 Å². The van der Waals surface area contributed by atoms with Crippen molar-refractivity contribution in [3.8, 4) is 0 Å². The molecule has 1 fully saturated rings. The van der Waals surface area contributed by atoms with Gasteiger partial charge in [0.05, 0.1) is 12.8 Å². The number of nitrogens with zero attached hydrogens (tertiary/aromatic N) is 2. The minimum atomic E-state index is -0.305. The Balaban J connectivity index is 2.04. The van der Waals surface area contributed by atoms with E-state index in [0.717, 1.165) is 31.4 Å². The zero-order valence-electron chi connectivity index (χ0n) is 11.6. The zero-order valence-corrected chi connectivity index (χ0v) is 11.6. The lowest BCUT2D eigenvalue weighted by Gasteiger charge is -2.31. The fourth-order valence-corrected chi connectivity index (χ4v) is 2.22. The molecule has 20 heavy (non-hydrogen) atoms. The van der Waals surface area contributed by atoms with Gasteiger partial charge in [-0.2, -0.15) is 5.10 Å². The van der Waals surface area contributed by atoms with E-state index in [2.05, 4.69) is 5.10 Å². The molecule has 0 spiro atoms. The molecule has 0 amide bonds. The van der Waals surface area contributed by atoms with Gasteiger partial charge in [0.15, 0.2) is 0 Å². The van der Waals surface area contributed by atoms with E-state index in [-0.39, 0.29) is 17.8 Å². The lowest BCUT2D eigenvalue weighted by molar-refractivity contribution is -0.150. The molecule has 1 heterocycles. The molecule has 0 aliphatic carbocycles. The van der Waals surface area contributed by atoms with Crippen LogP contribution in [0, 0.1) is 5.82 Å². The summed E-state index contributed by atoms with van der Waals surface area (Å²) in [6.07, 6.45) is 4.43. The molecule has 1 aliphatic rings. The fraction of sp³-hybridized carbons (Fsp3) is 0.467. The van der Waals surface area contributed by atoms with E-state index in [1.165, 1.54) is 12.1 Å². The maximum atomic E-state index is 12.8. The first-order valence-corrected chi connectivity index (χ1v) is 6.93. The van der Waals surface area contributed by atoms with Crippen LogP contribution in [-0.2, 0) is 9.53 Å². The Morgan fingerprint density at radius 1 is 1.45 bits per heavy atom. The molecule has 0 bridgehead atoms. The molecule has 1 atom stereocenters. The highest BCUT2D eigenvalue weighted by molar-refractivity contribution is 5.80. The van der Waals surface area contributed by atoms with Crippen molar-refractivity contribution >= 4 is 12.2 Å². The van der Waals surface area contributed by atoms with Crippen LogP contribution >= 0.6 is 0 Å². The van der Waals surface area contributed by atoms with Crippen molar-refractivity contribution in [3.05, 3.63) is 35.6 Å². The average Bonchev–Trinajstić information content (AvgIpc) is 2.47. The fourth-order valence-electron chi connectivity index (χ4n) is 2.22. The minimum absolute atomic E-state index is 0.219. The molecule has 108 valence electrons. The number of benzene rings is 1. The largest absolute Gasteiger partial charge is 0.464 e. The van der Waals surface area contributed by atoms with Crippen molar-refractivity contribution in [2.24, 2.45) is 5.10 Å². The van der Waals surface area contributed by atoms with Gasteiger partial charge in [0.2, 0.25) is 0 Å². The number of carbonyl (C=O) groups excluding carboxylic acids is 1. The smallest absolute Gasteiger partial charge is 0.330 e. The van der Waals surface area contributed by atoms with Crippen LogP contribution in [0.5, 0.6) is 0 Å². The van der Waals surface area contributed by atoms with Gasteiger partial charge in [-0.3, -0.25) is 5.01 Å². The van der Waals surface area contributed by atoms with Crippen LogP contribution in [0.3, 0.4) is 0 Å². The molecular weight excluding hydrogens is 259 g/mol. The maximum absolute atomic E-state index is 12.8. The Bertz CT molecular complexity index is 473. The first kappa shape index (κ1) is 14.5. The first-order valence-electron chi connectivity index (χ1n) is 6.93. The van der Waals surface area contributed by atoms with E-state index in [4.69, 9.17) is 4.74 Å². The molecule has 5 heteroatoms. The summed E-state index contributed by atoms with van der Waals surface area (Å²) in [7, 11) is 0. The van der Waals surface area contributed by atoms with E-state index in [1.54, 1.807) is 30.3 Å². The van der Waals surface area contributed by atoms with Crippen LogP contribution in [0.1, 0.15) is 31.7 Å². The van der Waals surface area contributed by atoms with Gasteiger partial charge in [0.25, 0.3) is 0 Å². The SMILES string of the molecule is CCOC(=O)C1CCCCN1/N=C/c1ccc(F)cc1. The van der Waals surface area contributed by atoms with Crippen LogP contribution < -0.4 is 0 Å². The van der Waals surface area contributed by atoms with Crippen molar-refractivity contribution in [2.75, 3.05) is 13.2 Å². The molecule has 1 saturated heterocycles. The Hall–Kier alpha value is -1.91. The summed E-state index contributed by atoms with van der Waals surface area (Å²) < 4.78 is 17.9. The Morgan fingerprint density at radius 3 is 2.90 bits per heavy atom. The summed E-state index contributed by atoms with van der Waals surface area (Å²) in [4.78, 5) is 11.9. The molecule has 2 rings (SSSR count). The normalized spacial score (nSPS) is 19.3. The first-order chi connectivity index (χ1) is 9.70. The number of halogens is 1. The number of piperidine rings is 1. The minimum Gasteiger partial charge on any atom is -0.464 e.